The molecule has 0 aliphatic carbocycles. The highest BCUT2D eigenvalue weighted by molar-refractivity contribution is 8.05. The topological polar surface area (TPSA) is 73.2 Å². The van der Waals surface area contributed by atoms with Crippen LogP contribution in [0.4, 0.5) is 5.69 Å². The summed E-state index contributed by atoms with van der Waals surface area (Å²) in [5.41, 5.74) is 3.88. The molecule has 1 fully saturated rings. The fraction of sp³-hybridized carbons (Fsp3) is 0.233. The van der Waals surface area contributed by atoms with Crippen LogP contribution in [0.3, 0.4) is 0 Å². The van der Waals surface area contributed by atoms with Crippen LogP contribution < -0.4 is 10.2 Å². The molecule has 1 heterocycles. The molecule has 1 aliphatic rings. The van der Waals surface area contributed by atoms with Gasteiger partial charge in [-0.15, -0.1) is 0 Å². The molecule has 0 aromatic heterocycles. The lowest BCUT2D eigenvalue weighted by Crippen LogP contribution is -2.32. The number of amides is 2. The summed E-state index contributed by atoms with van der Waals surface area (Å²) in [6.45, 7) is 2.48. The van der Waals surface area contributed by atoms with Gasteiger partial charge in [0.15, 0.2) is 0 Å². The average Bonchev–Trinajstić information content (AvgIpc) is 3.23. The molecule has 0 unspecified atom stereocenters. The standard InChI is InChI=1S/C30H29N3O2S/c1-2-3-10-22-15-17-23(18-16-22)19-27-29(35)33(25-13-8-5-9-14-25)30(36-27)26(20-31)28(34)32-21-24-11-6-4-7-12-24/h4-9,11-18,27H,2-3,10,19,21H2,1H3,(H,32,34)/b30-26-/t27-/m1/s1. The molecule has 0 spiro atoms. The summed E-state index contributed by atoms with van der Waals surface area (Å²) < 4.78 is 0. The van der Waals surface area contributed by atoms with Crippen molar-refractivity contribution in [3.05, 3.63) is 112 Å². The van der Waals surface area contributed by atoms with E-state index in [1.54, 1.807) is 0 Å². The maximum absolute atomic E-state index is 13.6. The van der Waals surface area contributed by atoms with Crippen molar-refractivity contribution in [3.8, 4) is 6.07 Å². The van der Waals surface area contributed by atoms with Gasteiger partial charge < -0.3 is 5.32 Å². The molecule has 3 aromatic carbocycles. The first-order valence-electron chi connectivity index (χ1n) is 12.2. The van der Waals surface area contributed by atoms with Gasteiger partial charge in [-0.25, -0.2) is 0 Å². The lowest BCUT2D eigenvalue weighted by molar-refractivity contribution is -0.117. The number of unbranched alkanes of at least 4 members (excludes halogenated alkanes) is 1. The van der Waals surface area contributed by atoms with Crippen molar-refractivity contribution in [1.29, 1.82) is 5.26 Å². The summed E-state index contributed by atoms with van der Waals surface area (Å²) in [7, 11) is 0. The molecule has 6 heteroatoms. The highest BCUT2D eigenvalue weighted by Gasteiger charge is 2.40. The molecule has 36 heavy (non-hydrogen) atoms. The van der Waals surface area contributed by atoms with E-state index in [9.17, 15) is 14.9 Å². The molecule has 0 radical (unpaired) electrons. The maximum atomic E-state index is 13.6. The zero-order chi connectivity index (χ0) is 25.3. The number of thioether (sulfide) groups is 1. The Balaban J connectivity index is 1.59. The number of benzene rings is 3. The van der Waals surface area contributed by atoms with Crippen LogP contribution in [-0.4, -0.2) is 17.1 Å². The summed E-state index contributed by atoms with van der Waals surface area (Å²) in [5, 5.41) is 12.7. The van der Waals surface area contributed by atoms with Gasteiger partial charge in [0.1, 0.15) is 16.7 Å². The van der Waals surface area contributed by atoms with Gasteiger partial charge in [0.05, 0.1) is 5.25 Å². The van der Waals surface area contributed by atoms with Gasteiger partial charge in [0, 0.05) is 12.2 Å². The third-order valence-corrected chi connectivity index (χ3v) is 7.34. The minimum Gasteiger partial charge on any atom is -0.347 e. The van der Waals surface area contributed by atoms with E-state index < -0.39 is 11.2 Å². The monoisotopic (exact) mass is 495 g/mol. The zero-order valence-electron chi connectivity index (χ0n) is 20.3. The number of carbonyl (C=O) groups is 2. The molecule has 3 aromatic rings. The van der Waals surface area contributed by atoms with E-state index in [2.05, 4.69) is 42.6 Å². The first-order chi connectivity index (χ1) is 17.6. The van der Waals surface area contributed by atoms with Crippen molar-refractivity contribution in [2.24, 2.45) is 0 Å². The van der Waals surface area contributed by atoms with Crippen LogP contribution in [0.15, 0.2) is 95.5 Å². The Bertz CT molecular complexity index is 1270. The molecule has 0 saturated carbocycles. The van der Waals surface area contributed by atoms with Crippen LogP contribution in [0.1, 0.15) is 36.5 Å². The highest BCUT2D eigenvalue weighted by Crippen LogP contribution is 2.41. The van der Waals surface area contributed by atoms with Gasteiger partial charge in [0.25, 0.3) is 5.91 Å². The van der Waals surface area contributed by atoms with E-state index in [4.69, 9.17) is 0 Å². The number of nitrogens with one attached hydrogen (secondary N) is 1. The number of nitriles is 1. The lowest BCUT2D eigenvalue weighted by atomic mass is 10.0. The van der Waals surface area contributed by atoms with Gasteiger partial charge in [-0.1, -0.05) is 97.9 Å². The molecular formula is C30H29N3O2S. The van der Waals surface area contributed by atoms with Crippen LogP contribution in [-0.2, 0) is 29.0 Å². The summed E-state index contributed by atoms with van der Waals surface area (Å²) >= 11 is 1.29. The Morgan fingerprint density at radius 2 is 1.58 bits per heavy atom. The Kier molecular flexibility index (Phi) is 8.59. The predicted molar refractivity (Wildman–Crippen MR) is 145 cm³/mol. The van der Waals surface area contributed by atoms with Gasteiger partial charge in [-0.3, -0.25) is 14.5 Å². The summed E-state index contributed by atoms with van der Waals surface area (Å²) in [5.74, 6) is -0.613. The highest BCUT2D eigenvalue weighted by atomic mass is 32.2. The first kappa shape index (κ1) is 25.3. The number of anilines is 1. The molecule has 1 atom stereocenters. The van der Waals surface area contributed by atoms with E-state index >= 15 is 0 Å². The summed E-state index contributed by atoms with van der Waals surface area (Å²) in [6.07, 6.45) is 3.88. The van der Waals surface area contributed by atoms with Gasteiger partial charge in [0.2, 0.25) is 5.91 Å². The predicted octanol–water partition coefficient (Wildman–Crippen LogP) is 5.77. The van der Waals surface area contributed by atoms with Gasteiger partial charge in [-0.2, -0.15) is 5.26 Å². The molecule has 1 N–H and O–H groups in total. The second-order valence-corrected chi connectivity index (χ2v) is 9.89. The minimum atomic E-state index is -0.487. The number of para-hydroxylation sites is 1. The van der Waals surface area contributed by atoms with E-state index in [0.29, 0.717) is 23.7 Å². The Morgan fingerprint density at radius 1 is 0.944 bits per heavy atom. The smallest absolute Gasteiger partial charge is 0.264 e. The van der Waals surface area contributed by atoms with Crippen LogP contribution in [0.2, 0.25) is 0 Å². The molecule has 2 amide bonds. The summed E-state index contributed by atoms with van der Waals surface area (Å²) in [6, 6.07) is 29.2. The third-order valence-electron chi connectivity index (χ3n) is 6.08. The lowest BCUT2D eigenvalue weighted by Gasteiger charge is -2.18. The molecule has 4 rings (SSSR count). The van der Waals surface area contributed by atoms with Crippen LogP contribution in [0.25, 0.3) is 0 Å². The first-order valence-corrected chi connectivity index (χ1v) is 13.1. The van der Waals surface area contributed by atoms with E-state index in [1.165, 1.54) is 22.2 Å². The van der Waals surface area contributed by atoms with Crippen molar-refractivity contribution >= 4 is 29.3 Å². The normalized spacial score (nSPS) is 16.5. The van der Waals surface area contributed by atoms with Crippen molar-refractivity contribution in [1.82, 2.24) is 5.32 Å². The Morgan fingerprint density at radius 3 is 2.22 bits per heavy atom. The number of hydrogen-bond acceptors (Lipinski definition) is 4. The minimum absolute atomic E-state index is 0.0504. The Hall–Kier alpha value is -3.82. The average molecular weight is 496 g/mol. The molecule has 0 bridgehead atoms. The van der Waals surface area contributed by atoms with Crippen molar-refractivity contribution < 1.29 is 9.59 Å². The van der Waals surface area contributed by atoms with Crippen molar-refractivity contribution in [2.45, 2.75) is 44.4 Å². The molecule has 1 aliphatic heterocycles. The largest absolute Gasteiger partial charge is 0.347 e. The number of nitrogens with zero attached hydrogens (tertiary/aromatic N) is 2. The molecule has 1 saturated heterocycles. The van der Waals surface area contributed by atoms with Gasteiger partial charge >= 0.3 is 0 Å². The van der Waals surface area contributed by atoms with Gasteiger partial charge in [-0.05, 0) is 48.1 Å². The number of aryl methyl sites for hydroxylation is 1. The number of hydrogen-bond donors (Lipinski definition) is 1. The third kappa shape index (κ3) is 6.05. The molecular weight excluding hydrogens is 466 g/mol. The summed E-state index contributed by atoms with van der Waals surface area (Å²) in [4.78, 5) is 28.2. The number of rotatable bonds is 9. The van der Waals surface area contributed by atoms with E-state index in [1.807, 2.05) is 60.7 Å². The second kappa shape index (κ2) is 12.2. The fourth-order valence-corrected chi connectivity index (χ4v) is 5.41. The molecule has 182 valence electrons. The van der Waals surface area contributed by atoms with Crippen molar-refractivity contribution in [3.63, 3.8) is 0 Å². The fourth-order valence-electron chi connectivity index (χ4n) is 4.10. The quantitative estimate of drug-likeness (QED) is 0.302. The maximum Gasteiger partial charge on any atom is 0.264 e. The second-order valence-electron chi connectivity index (χ2n) is 8.70. The molecule has 5 nitrogen and oxygen atoms in total. The van der Waals surface area contributed by atoms with Crippen molar-refractivity contribution in [2.75, 3.05) is 4.90 Å². The number of carbonyl (C=O) groups excluding carboxylic acids is 2. The SMILES string of the molecule is CCCCc1ccc(C[C@H]2S/C(=C(/C#N)C(=O)NCc3ccccc3)N(c3ccccc3)C2=O)cc1. The van der Waals surface area contributed by atoms with Crippen LogP contribution >= 0.6 is 11.8 Å². The van der Waals surface area contributed by atoms with Crippen LogP contribution in [0, 0.1) is 11.3 Å². The Labute approximate surface area is 216 Å². The van der Waals surface area contributed by atoms with Crippen LogP contribution in [0.5, 0.6) is 0 Å². The van der Waals surface area contributed by atoms with E-state index in [0.717, 1.165) is 30.4 Å². The van der Waals surface area contributed by atoms with E-state index in [-0.39, 0.29) is 11.5 Å². The zero-order valence-corrected chi connectivity index (χ0v) is 21.1.